The van der Waals surface area contributed by atoms with Crippen LogP contribution < -0.4 is 5.32 Å². The normalized spacial score (nSPS) is 25.8. The van der Waals surface area contributed by atoms with Crippen LogP contribution in [-0.4, -0.2) is 22.4 Å². The average molecular weight is 351 g/mol. The molecule has 3 atom stereocenters. The number of aliphatic hydroxyl groups is 1. The molecule has 0 spiro atoms. The predicted molar refractivity (Wildman–Crippen MR) is 102 cm³/mol. The van der Waals surface area contributed by atoms with Crippen molar-refractivity contribution in [3.63, 3.8) is 0 Å². The van der Waals surface area contributed by atoms with E-state index in [1.54, 1.807) is 6.92 Å². The molecule has 0 unspecified atom stereocenters. The molecule has 2 N–H and O–H groups in total. The summed E-state index contributed by atoms with van der Waals surface area (Å²) in [7, 11) is 0. The third-order valence-electron chi connectivity index (χ3n) is 5.11. The Bertz CT molecular complexity index is 827. The third-order valence-corrected chi connectivity index (χ3v) is 5.11. The first-order chi connectivity index (χ1) is 12.3. The number of nitrogens with one attached hydrogen (secondary N) is 1. The van der Waals surface area contributed by atoms with Crippen LogP contribution in [0.25, 0.3) is 0 Å². The van der Waals surface area contributed by atoms with Crippen LogP contribution in [0.3, 0.4) is 0 Å². The lowest BCUT2D eigenvalue weighted by Crippen LogP contribution is -2.46. The summed E-state index contributed by atoms with van der Waals surface area (Å²) in [6.45, 7) is 5.60. The molecule has 0 radical (unpaired) electrons. The zero-order chi connectivity index (χ0) is 18.9. The van der Waals surface area contributed by atoms with Crippen molar-refractivity contribution < 1.29 is 14.7 Å². The Hall–Kier alpha value is -2.46. The Balaban J connectivity index is 1.91. The van der Waals surface area contributed by atoms with Gasteiger partial charge in [0.2, 0.25) is 5.91 Å². The van der Waals surface area contributed by atoms with Gasteiger partial charge in [-0.05, 0) is 44.4 Å². The number of aryl methyl sites for hydroxylation is 2. The van der Waals surface area contributed by atoms with Crippen molar-refractivity contribution in [3.8, 4) is 0 Å². The zero-order valence-electron chi connectivity index (χ0n) is 15.5. The van der Waals surface area contributed by atoms with Gasteiger partial charge in [0, 0.05) is 18.0 Å². The molecule has 136 valence electrons. The number of carbonyl (C=O) groups excluding carboxylic acids is 2. The van der Waals surface area contributed by atoms with Gasteiger partial charge in [-0.15, -0.1) is 0 Å². The number of carbonyl (C=O) groups is 2. The summed E-state index contributed by atoms with van der Waals surface area (Å²) >= 11 is 0. The summed E-state index contributed by atoms with van der Waals surface area (Å²) in [5.41, 5.74) is 2.62. The van der Waals surface area contributed by atoms with Gasteiger partial charge in [0.15, 0.2) is 0 Å². The van der Waals surface area contributed by atoms with Gasteiger partial charge < -0.3 is 10.4 Å². The highest BCUT2D eigenvalue weighted by Gasteiger charge is 2.46. The van der Waals surface area contributed by atoms with Crippen molar-refractivity contribution in [3.05, 3.63) is 65.2 Å². The molecule has 26 heavy (non-hydrogen) atoms. The van der Waals surface area contributed by atoms with E-state index in [2.05, 4.69) is 5.32 Å². The van der Waals surface area contributed by atoms with E-state index >= 15 is 0 Å². The maximum absolute atomic E-state index is 13.0. The van der Waals surface area contributed by atoms with E-state index in [1.807, 2.05) is 62.4 Å². The second kappa shape index (κ2) is 7.04. The maximum atomic E-state index is 13.0. The molecule has 2 aromatic carbocycles. The number of anilines is 1. The molecule has 1 aliphatic rings. The number of rotatable bonds is 3. The maximum Gasteiger partial charge on any atom is 0.235 e. The molecule has 1 aliphatic carbocycles. The predicted octanol–water partition coefficient (Wildman–Crippen LogP) is 3.76. The van der Waals surface area contributed by atoms with E-state index in [4.69, 9.17) is 0 Å². The Morgan fingerprint density at radius 2 is 1.85 bits per heavy atom. The second-order valence-corrected chi connectivity index (χ2v) is 7.65. The Morgan fingerprint density at radius 1 is 1.15 bits per heavy atom. The standard InChI is InChI=1S/C22H25NO3/c1-14-9-10-18(15(2)11-14)23-21(25)20-17(16-7-5-4-6-8-16)12-22(3,26)13-19(20)24/h4-11,17,20,26H,12-13H2,1-3H3,(H,23,25)/t17-,20-,22-/m1/s1. The molecular formula is C22H25NO3. The number of hydrogen-bond donors (Lipinski definition) is 2. The number of ketones is 1. The molecule has 2 aromatic rings. The van der Waals surface area contributed by atoms with E-state index in [9.17, 15) is 14.7 Å². The molecule has 4 nitrogen and oxygen atoms in total. The minimum Gasteiger partial charge on any atom is -0.390 e. The highest BCUT2D eigenvalue weighted by molar-refractivity contribution is 6.09. The molecular weight excluding hydrogens is 326 g/mol. The molecule has 1 amide bonds. The molecule has 0 aliphatic heterocycles. The summed E-state index contributed by atoms with van der Waals surface area (Å²) in [4.78, 5) is 25.7. The summed E-state index contributed by atoms with van der Waals surface area (Å²) in [5.74, 6) is -1.64. The number of amides is 1. The first kappa shape index (κ1) is 18.3. The largest absolute Gasteiger partial charge is 0.390 e. The lowest BCUT2D eigenvalue weighted by molar-refractivity contribution is -0.140. The van der Waals surface area contributed by atoms with Gasteiger partial charge in [0.25, 0.3) is 0 Å². The molecule has 1 fully saturated rings. The minimum absolute atomic E-state index is 0.00129. The van der Waals surface area contributed by atoms with Crippen LogP contribution >= 0.6 is 0 Å². The van der Waals surface area contributed by atoms with Crippen LogP contribution in [0.1, 0.15) is 42.4 Å². The van der Waals surface area contributed by atoms with Gasteiger partial charge in [-0.3, -0.25) is 9.59 Å². The van der Waals surface area contributed by atoms with Crippen molar-refractivity contribution in [2.75, 3.05) is 5.32 Å². The summed E-state index contributed by atoms with van der Waals surface area (Å²) < 4.78 is 0. The average Bonchev–Trinajstić information content (AvgIpc) is 2.56. The monoisotopic (exact) mass is 351 g/mol. The van der Waals surface area contributed by atoms with Crippen molar-refractivity contribution >= 4 is 17.4 Å². The quantitative estimate of drug-likeness (QED) is 0.828. The van der Waals surface area contributed by atoms with Crippen molar-refractivity contribution in [2.24, 2.45) is 5.92 Å². The fraction of sp³-hybridized carbons (Fsp3) is 0.364. The fourth-order valence-corrected chi connectivity index (χ4v) is 3.88. The molecule has 0 aromatic heterocycles. The van der Waals surface area contributed by atoms with Crippen LogP contribution in [0.5, 0.6) is 0 Å². The van der Waals surface area contributed by atoms with E-state index in [-0.39, 0.29) is 24.0 Å². The van der Waals surface area contributed by atoms with E-state index in [1.165, 1.54) is 0 Å². The minimum atomic E-state index is -1.09. The van der Waals surface area contributed by atoms with Gasteiger partial charge in [0.05, 0.1) is 5.60 Å². The van der Waals surface area contributed by atoms with Gasteiger partial charge in [-0.2, -0.15) is 0 Å². The van der Waals surface area contributed by atoms with Crippen LogP contribution in [0.15, 0.2) is 48.5 Å². The number of Topliss-reactive ketones (excluding diaryl/α,β-unsaturated/α-hetero) is 1. The molecule has 0 heterocycles. The lowest BCUT2D eigenvalue weighted by Gasteiger charge is -2.38. The summed E-state index contributed by atoms with van der Waals surface area (Å²) in [5, 5.41) is 13.4. The first-order valence-corrected chi connectivity index (χ1v) is 8.95. The molecule has 1 saturated carbocycles. The van der Waals surface area contributed by atoms with E-state index in [0.29, 0.717) is 6.42 Å². The van der Waals surface area contributed by atoms with Crippen LogP contribution in [0.2, 0.25) is 0 Å². The van der Waals surface area contributed by atoms with Crippen LogP contribution in [0, 0.1) is 19.8 Å². The third kappa shape index (κ3) is 3.86. The fourth-order valence-electron chi connectivity index (χ4n) is 3.88. The van der Waals surface area contributed by atoms with Crippen LogP contribution in [-0.2, 0) is 9.59 Å². The van der Waals surface area contributed by atoms with Gasteiger partial charge >= 0.3 is 0 Å². The Labute approximate surface area is 154 Å². The summed E-state index contributed by atoms with van der Waals surface area (Å²) in [6, 6.07) is 15.3. The highest BCUT2D eigenvalue weighted by Crippen LogP contribution is 2.41. The lowest BCUT2D eigenvalue weighted by atomic mass is 9.68. The van der Waals surface area contributed by atoms with Crippen molar-refractivity contribution in [2.45, 2.75) is 45.1 Å². The van der Waals surface area contributed by atoms with Crippen LogP contribution in [0.4, 0.5) is 5.69 Å². The topological polar surface area (TPSA) is 66.4 Å². The Morgan fingerprint density at radius 3 is 2.50 bits per heavy atom. The zero-order valence-corrected chi connectivity index (χ0v) is 15.5. The second-order valence-electron chi connectivity index (χ2n) is 7.65. The smallest absolute Gasteiger partial charge is 0.235 e. The van der Waals surface area contributed by atoms with Gasteiger partial charge in [0.1, 0.15) is 11.7 Å². The summed E-state index contributed by atoms with van der Waals surface area (Å²) in [6.07, 6.45) is 0.384. The molecule has 4 heteroatoms. The van der Waals surface area contributed by atoms with Gasteiger partial charge in [-0.1, -0.05) is 48.0 Å². The van der Waals surface area contributed by atoms with Crippen molar-refractivity contribution in [1.29, 1.82) is 0 Å². The Kier molecular flexibility index (Phi) is 4.97. The van der Waals surface area contributed by atoms with Gasteiger partial charge in [-0.25, -0.2) is 0 Å². The first-order valence-electron chi connectivity index (χ1n) is 8.95. The number of benzene rings is 2. The van der Waals surface area contributed by atoms with E-state index < -0.39 is 11.5 Å². The molecule has 3 rings (SSSR count). The molecule has 0 saturated heterocycles. The SMILES string of the molecule is Cc1ccc(NC(=O)[C@H]2C(=O)C[C@](C)(O)C[C@@H]2c2ccccc2)c(C)c1. The van der Waals surface area contributed by atoms with E-state index in [0.717, 1.165) is 22.4 Å². The van der Waals surface area contributed by atoms with Crippen molar-refractivity contribution in [1.82, 2.24) is 0 Å². The highest BCUT2D eigenvalue weighted by atomic mass is 16.3. The molecule has 0 bridgehead atoms. The number of hydrogen-bond acceptors (Lipinski definition) is 3.